The number of benzene rings is 1. The second-order valence-electron chi connectivity index (χ2n) is 4.04. The van der Waals surface area contributed by atoms with Crippen molar-refractivity contribution in [2.24, 2.45) is 12.9 Å². The number of aromatic nitrogens is 2. The number of nitrogens with one attached hydrogen (secondary N) is 1. The Balaban J connectivity index is 1.75. The Labute approximate surface area is 121 Å². The lowest BCUT2D eigenvalue weighted by Gasteiger charge is -2.06. The molecular formula is C13H16N4O2S. The molecule has 0 radical (unpaired) electrons. The van der Waals surface area contributed by atoms with Crippen LogP contribution in [0.5, 0.6) is 5.75 Å². The van der Waals surface area contributed by atoms with Crippen molar-refractivity contribution in [3.63, 3.8) is 0 Å². The average Bonchev–Trinajstić information content (AvgIpc) is 2.89. The third-order valence-corrected chi connectivity index (χ3v) is 3.46. The SMILES string of the molecule is Cn1cc(SCCOc2ccc(C(=O)NN)cc2)cn1. The number of carbonyl (C=O) groups excluding carboxylic acids is 1. The fourth-order valence-electron chi connectivity index (χ4n) is 1.58. The van der Waals surface area contributed by atoms with E-state index in [4.69, 9.17) is 10.6 Å². The van der Waals surface area contributed by atoms with Crippen LogP contribution >= 0.6 is 11.8 Å². The van der Waals surface area contributed by atoms with Gasteiger partial charge in [0.2, 0.25) is 0 Å². The number of hydrazine groups is 1. The Morgan fingerprint density at radius 2 is 2.20 bits per heavy atom. The van der Waals surface area contributed by atoms with Crippen LogP contribution in [0.2, 0.25) is 0 Å². The van der Waals surface area contributed by atoms with Crippen LogP contribution in [0.4, 0.5) is 0 Å². The minimum absolute atomic E-state index is 0.316. The van der Waals surface area contributed by atoms with Crippen molar-refractivity contribution >= 4 is 17.7 Å². The number of ether oxygens (including phenoxy) is 1. The van der Waals surface area contributed by atoms with Crippen molar-refractivity contribution < 1.29 is 9.53 Å². The van der Waals surface area contributed by atoms with Crippen molar-refractivity contribution in [3.05, 3.63) is 42.2 Å². The number of thioether (sulfide) groups is 1. The molecule has 0 spiro atoms. The van der Waals surface area contributed by atoms with Gasteiger partial charge < -0.3 is 4.74 Å². The topological polar surface area (TPSA) is 82.2 Å². The number of hydrogen-bond donors (Lipinski definition) is 2. The van der Waals surface area contributed by atoms with E-state index in [1.54, 1.807) is 40.7 Å². The fourth-order valence-corrected chi connectivity index (χ4v) is 2.33. The van der Waals surface area contributed by atoms with Crippen LogP contribution in [0.3, 0.4) is 0 Å². The lowest BCUT2D eigenvalue weighted by Crippen LogP contribution is -2.29. The highest BCUT2D eigenvalue weighted by Gasteiger charge is 2.03. The first kappa shape index (κ1) is 14.4. The standard InChI is InChI=1S/C13H16N4O2S/c1-17-9-12(8-15-17)20-7-6-19-11-4-2-10(3-5-11)13(18)16-14/h2-5,8-9H,6-7,14H2,1H3,(H,16,18). The molecule has 0 atom stereocenters. The summed E-state index contributed by atoms with van der Waals surface area (Å²) in [5.74, 6) is 6.30. The van der Waals surface area contributed by atoms with E-state index in [9.17, 15) is 4.79 Å². The third kappa shape index (κ3) is 4.01. The molecule has 0 aliphatic heterocycles. The molecule has 0 unspecified atom stereocenters. The van der Waals surface area contributed by atoms with Gasteiger partial charge in [-0.1, -0.05) is 0 Å². The van der Waals surface area contributed by atoms with Gasteiger partial charge in [-0.15, -0.1) is 11.8 Å². The number of carbonyl (C=O) groups is 1. The van der Waals surface area contributed by atoms with E-state index in [2.05, 4.69) is 10.5 Å². The first-order valence-electron chi connectivity index (χ1n) is 6.04. The quantitative estimate of drug-likeness (QED) is 0.275. The van der Waals surface area contributed by atoms with Gasteiger partial charge in [-0.05, 0) is 24.3 Å². The van der Waals surface area contributed by atoms with E-state index >= 15 is 0 Å². The molecule has 6 nitrogen and oxygen atoms in total. The highest BCUT2D eigenvalue weighted by Crippen LogP contribution is 2.17. The molecule has 0 saturated carbocycles. The molecule has 0 fully saturated rings. The predicted octanol–water partition coefficient (Wildman–Crippen LogP) is 1.19. The largest absolute Gasteiger partial charge is 0.493 e. The molecule has 2 rings (SSSR count). The summed E-state index contributed by atoms with van der Waals surface area (Å²) in [6.07, 6.45) is 3.79. The molecule has 20 heavy (non-hydrogen) atoms. The molecule has 2 aromatic rings. The van der Waals surface area contributed by atoms with Crippen molar-refractivity contribution in [2.75, 3.05) is 12.4 Å². The molecule has 0 bridgehead atoms. The number of nitrogens with zero attached hydrogens (tertiary/aromatic N) is 2. The molecule has 1 aromatic heterocycles. The normalized spacial score (nSPS) is 10.3. The summed E-state index contributed by atoms with van der Waals surface area (Å²) < 4.78 is 7.36. The smallest absolute Gasteiger partial charge is 0.265 e. The van der Waals surface area contributed by atoms with Crippen LogP contribution in [0, 0.1) is 0 Å². The van der Waals surface area contributed by atoms with Crippen LogP contribution in [0.25, 0.3) is 0 Å². The zero-order valence-corrected chi connectivity index (χ0v) is 11.9. The summed E-state index contributed by atoms with van der Waals surface area (Å²) in [7, 11) is 1.89. The number of hydrogen-bond acceptors (Lipinski definition) is 5. The van der Waals surface area contributed by atoms with E-state index in [-0.39, 0.29) is 5.91 Å². The van der Waals surface area contributed by atoms with Gasteiger partial charge in [-0.3, -0.25) is 14.9 Å². The van der Waals surface area contributed by atoms with E-state index < -0.39 is 0 Å². The minimum atomic E-state index is -0.316. The molecule has 3 N–H and O–H groups in total. The highest BCUT2D eigenvalue weighted by atomic mass is 32.2. The lowest BCUT2D eigenvalue weighted by atomic mass is 10.2. The first-order chi connectivity index (χ1) is 9.69. The van der Waals surface area contributed by atoms with Crippen molar-refractivity contribution in [2.45, 2.75) is 4.90 Å². The maximum Gasteiger partial charge on any atom is 0.265 e. The predicted molar refractivity (Wildman–Crippen MR) is 77.5 cm³/mol. The van der Waals surface area contributed by atoms with Crippen LogP contribution in [-0.4, -0.2) is 28.0 Å². The molecule has 7 heteroatoms. The van der Waals surface area contributed by atoms with Gasteiger partial charge in [0.05, 0.1) is 12.8 Å². The third-order valence-electron chi connectivity index (χ3n) is 2.55. The van der Waals surface area contributed by atoms with Gasteiger partial charge in [0.15, 0.2) is 0 Å². The van der Waals surface area contributed by atoms with Gasteiger partial charge in [0.1, 0.15) is 5.75 Å². The van der Waals surface area contributed by atoms with Gasteiger partial charge in [-0.2, -0.15) is 5.10 Å². The van der Waals surface area contributed by atoms with E-state index in [1.807, 2.05) is 19.4 Å². The Morgan fingerprint density at radius 3 is 2.80 bits per heavy atom. The summed E-state index contributed by atoms with van der Waals surface area (Å²) in [6, 6.07) is 6.84. The van der Waals surface area contributed by atoms with E-state index in [0.29, 0.717) is 12.2 Å². The average molecular weight is 292 g/mol. The lowest BCUT2D eigenvalue weighted by molar-refractivity contribution is 0.0953. The Morgan fingerprint density at radius 1 is 1.45 bits per heavy atom. The summed E-state index contributed by atoms with van der Waals surface area (Å²) in [5, 5.41) is 4.09. The molecular weight excluding hydrogens is 276 g/mol. The molecule has 1 aromatic carbocycles. The molecule has 1 heterocycles. The molecule has 1 amide bonds. The number of nitrogens with two attached hydrogens (primary N) is 1. The van der Waals surface area contributed by atoms with E-state index in [0.717, 1.165) is 16.4 Å². The Kier molecular flexibility index (Phi) is 5.03. The summed E-state index contributed by atoms with van der Waals surface area (Å²) in [6.45, 7) is 0.585. The molecule has 106 valence electrons. The highest BCUT2D eigenvalue weighted by molar-refractivity contribution is 7.99. The van der Waals surface area contributed by atoms with Crippen LogP contribution in [-0.2, 0) is 7.05 Å². The number of amides is 1. The van der Waals surface area contributed by atoms with Crippen molar-refractivity contribution in [1.29, 1.82) is 0 Å². The monoisotopic (exact) mass is 292 g/mol. The van der Waals surface area contributed by atoms with Crippen LogP contribution in [0.1, 0.15) is 10.4 Å². The minimum Gasteiger partial charge on any atom is -0.493 e. The summed E-state index contributed by atoms with van der Waals surface area (Å²) >= 11 is 1.68. The van der Waals surface area contributed by atoms with Gasteiger partial charge in [-0.25, -0.2) is 5.84 Å². The number of aryl methyl sites for hydroxylation is 1. The van der Waals surface area contributed by atoms with Gasteiger partial charge >= 0.3 is 0 Å². The maximum atomic E-state index is 11.3. The first-order valence-corrected chi connectivity index (χ1v) is 7.03. The van der Waals surface area contributed by atoms with Gasteiger partial charge in [0.25, 0.3) is 5.91 Å². The molecule has 0 saturated heterocycles. The van der Waals surface area contributed by atoms with Crippen LogP contribution < -0.4 is 16.0 Å². The second kappa shape index (κ2) is 6.97. The van der Waals surface area contributed by atoms with Gasteiger partial charge in [0, 0.05) is 29.5 Å². The molecule has 0 aliphatic carbocycles. The van der Waals surface area contributed by atoms with E-state index in [1.165, 1.54) is 0 Å². The number of rotatable bonds is 6. The summed E-state index contributed by atoms with van der Waals surface area (Å²) in [5.41, 5.74) is 2.59. The zero-order valence-electron chi connectivity index (χ0n) is 11.1. The Hall–Kier alpha value is -1.99. The Bertz CT molecular complexity index is 568. The zero-order chi connectivity index (χ0) is 14.4. The maximum absolute atomic E-state index is 11.3. The second-order valence-corrected chi connectivity index (χ2v) is 5.21. The number of nitrogen functional groups attached to an aromatic ring is 1. The van der Waals surface area contributed by atoms with Crippen molar-refractivity contribution in [1.82, 2.24) is 15.2 Å². The van der Waals surface area contributed by atoms with Crippen molar-refractivity contribution in [3.8, 4) is 5.75 Å². The molecule has 0 aliphatic rings. The summed E-state index contributed by atoms with van der Waals surface area (Å²) in [4.78, 5) is 12.4. The van der Waals surface area contributed by atoms with Crippen LogP contribution in [0.15, 0.2) is 41.6 Å². The fraction of sp³-hybridized carbons (Fsp3) is 0.231.